The lowest BCUT2D eigenvalue weighted by Gasteiger charge is -2.26. The highest BCUT2D eigenvalue weighted by molar-refractivity contribution is 5.82. The number of halogens is 1. The molecule has 2 heterocycles. The number of hydrogen-bond donors (Lipinski definition) is 2. The Balaban J connectivity index is 1.61. The quantitative estimate of drug-likeness (QED) is 0.259. The summed E-state index contributed by atoms with van der Waals surface area (Å²) in [5.74, 6) is -1.95. The van der Waals surface area contributed by atoms with Crippen molar-refractivity contribution in [2.75, 3.05) is 20.6 Å². The van der Waals surface area contributed by atoms with Gasteiger partial charge in [0.05, 0.1) is 12.5 Å². The van der Waals surface area contributed by atoms with Gasteiger partial charge in [-0.2, -0.15) is 0 Å². The molecule has 1 aliphatic carbocycles. The van der Waals surface area contributed by atoms with E-state index in [4.69, 9.17) is 0 Å². The van der Waals surface area contributed by atoms with Crippen LogP contribution in [0.25, 0.3) is 11.1 Å². The molecule has 2 bridgehead atoms. The summed E-state index contributed by atoms with van der Waals surface area (Å²) in [5.41, 5.74) is 7.87. The minimum atomic E-state index is -1.13. The number of carboxylic acids is 1. The Labute approximate surface area is 284 Å². The number of carbonyl (C=O) groups is 2. The summed E-state index contributed by atoms with van der Waals surface area (Å²) >= 11 is 0. The minimum Gasteiger partial charge on any atom is -0.481 e. The molecular formula is C40H52FN3O4. The zero-order chi connectivity index (χ0) is 34.5. The molecule has 1 fully saturated rings. The third-order valence-corrected chi connectivity index (χ3v) is 10.1. The highest BCUT2D eigenvalue weighted by atomic mass is 19.1. The summed E-state index contributed by atoms with van der Waals surface area (Å²) in [7, 11) is 4.05. The lowest BCUT2D eigenvalue weighted by atomic mass is 9.86. The molecular weight excluding hydrogens is 605 g/mol. The van der Waals surface area contributed by atoms with Crippen molar-refractivity contribution in [3.8, 4) is 11.1 Å². The largest absolute Gasteiger partial charge is 0.481 e. The van der Waals surface area contributed by atoms with Gasteiger partial charge in [0, 0.05) is 17.8 Å². The van der Waals surface area contributed by atoms with Crippen LogP contribution in [0.3, 0.4) is 0 Å². The summed E-state index contributed by atoms with van der Waals surface area (Å²) in [5, 5.41) is 13.0. The van der Waals surface area contributed by atoms with Crippen LogP contribution in [-0.2, 0) is 22.4 Å². The number of benzene rings is 2. The Morgan fingerprint density at radius 2 is 1.65 bits per heavy atom. The second-order valence-corrected chi connectivity index (χ2v) is 14.5. The van der Waals surface area contributed by atoms with E-state index in [1.165, 1.54) is 15.7 Å². The molecule has 0 spiro atoms. The van der Waals surface area contributed by atoms with E-state index in [0.29, 0.717) is 12.0 Å². The van der Waals surface area contributed by atoms with Gasteiger partial charge >= 0.3 is 5.97 Å². The Bertz CT molecular complexity index is 1710. The number of amides is 1. The normalized spacial score (nSPS) is 19.2. The number of nitrogens with one attached hydrogen (secondary N) is 1. The Hall–Kier alpha value is -3.78. The number of aromatic nitrogens is 1. The van der Waals surface area contributed by atoms with Gasteiger partial charge in [0.2, 0.25) is 5.91 Å². The van der Waals surface area contributed by atoms with Crippen LogP contribution < -0.4 is 10.9 Å². The van der Waals surface area contributed by atoms with Gasteiger partial charge < -0.3 is 19.9 Å². The predicted molar refractivity (Wildman–Crippen MR) is 189 cm³/mol. The van der Waals surface area contributed by atoms with E-state index >= 15 is 4.39 Å². The smallest absolute Gasteiger partial charge is 0.305 e. The minimum absolute atomic E-state index is 0.0782. The van der Waals surface area contributed by atoms with Gasteiger partial charge in [0.25, 0.3) is 5.56 Å². The van der Waals surface area contributed by atoms with E-state index in [1.54, 1.807) is 12.1 Å². The summed E-state index contributed by atoms with van der Waals surface area (Å²) in [4.78, 5) is 42.1. The number of carboxylic acid groups (broad SMARTS) is 1. The highest BCUT2D eigenvalue weighted by Crippen LogP contribution is 2.45. The molecule has 0 radical (unpaired) electrons. The average molecular weight is 658 g/mol. The molecule has 3 aromatic rings. The molecule has 2 N–H and O–H groups in total. The maximum Gasteiger partial charge on any atom is 0.305 e. The van der Waals surface area contributed by atoms with E-state index in [1.807, 2.05) is 33.3 Å². The number of aryl methyl sites for hydroxylation is 5. The van der Waals surface area contributed by atoms with Gasteiger partial charge in [0.15, 0.2) is 0 Å². The van der Waals surface area contributed by atoms with Crippen LogP contribution in [0.5, 0.6) is 0 Å². The van der Waals surface area contributed by atoms with Crippen LogP contribution in [-0.4, -0.2) is 47.1 Å². The van der Waals surface area contributed by atoms with E-state index in [9.17, 15) is 19.5 Å². The van der Waals surface area contributed by atoms with Crippen molar-refractivity contribution in [3.05, 3.63) is 91.6 Å². The predicted octanol–water partition coefficient (Wildman–Crippen LogP) is 7.72. The molecule has 1 amide bonds. The fourth-order valence-corrected chi connectivity index (χ4v) is 7.46. The summed E-state index contributed by atoms with van der Waals surface area (Å²) in [6, 6.07) is 7.74. The Morgan fingerprint density at radius 1 is 0.938 bits per heavy atom. The van der Waals surface area contributed by atoms with Gasteiger partial charge in [0.1, 0.15) is 11.9 Å². The molecule has 2 aromatic carbocycles. The van der Waals surface area contributed by atoms with Crippen molar-refractivity contribution < 1.29 is 19.1 Å². The number of hydrogen-bond acceptors (Lipinski definition) is 4. The second kappa shape index (κ2) is 15.6. The molecule has 48 heavy (non-hydrogen) atoms. The van der Waals surface area contributed by atoms with Gasteiger partial charge in [-0.25, -0.2) is 4.39 Å². The van der Waals surface area contributed by atoms with E-state index in [2.05, 4.69) is 36.2 Å². The van der Waals surface area contributed by atoms with Gasteiger partial charge in [-0.05, 0) is 143 Å². The first kappa shape index (κ1) is 35.5. The Morgan fingerprint density at radius 3 is 2.35 bits per heavy atom. The van der Waals surface area contributed by atoms with Crippen LogP contribution in [0, 0.1) is 26.6 Å². The number of fused-ring (bicyclic) bond motifs is 4. The van der Waals surface area contributed by atoms with Gasteiger partial charge in [-0.1, -0.05) is 43.4 Å². The van der Waals surface area contributed by atoms with Gasteiger partial charge in [-0.15, -0.1) is 0 Å². The molecule has 1 aromatic heterocycles. The molecule has 0 unspecified atom stereocenters. The Kier molecular flexibility index (Phi) is 11.6. The van der Waals surface area contributed by atoms with Crippen LogP contribution in [0.15, 0.2) is 41.3 Å². The van der Waals surface area contributed by atoms with Crippen LogP contribution >= 0.6 is 0 Å². The van der Waals surface area contributed by atoms with Crippen LogP contribution in [0.2, 0.25) is 0 Å². The van der Waals surface area contributed by atoms with Crippen molar-refractivity contribution in [1.82, 2.24) is 14.8 Å². The van der Waals surface area contributed by atoms with Crippen LogP contribution in [0.4, 0.5) is 4.39 Å². The lowest BCUT2D eigenvalue weighted by molar-refractivity contribution is -0.138. The molecule has 5 rings (SSSR count). The van der Waals surface area contributed by atoms with Gasteiger partial charge in [-0.3, -0.25) is 14.4 Å². The van der Waals surface area contributed by atoms with Crippen LogP contribution in [0.1, 0.15) is 121 Å². The van der Waals surface area contributed by atoms with Crippen molar-refractivity contribution in [3.63, 3.8) is 0 Å². The fraction of sp³-hybridized carbons (Fsp3) is 0.525. The number of pyridine rings is 1. The average Bonchev–Trinajstić information content (AvgIpc) is 3.84. The molecule has 7 nitrogen and oxygen atoms in total. The fourth-order valence-electron chi connectivity index (χ4n) is 7.46. The third-order valence-electron chi connectivity index (χ3n) is 10.1. The van der Waals surface area contributed by atoms with E-state index in [0.717, 1.165) is 98.6 Å². The molecule has 8 heteroatoms. The summed E-state index contributed by atoms with van der Waals surface area (Å²) in [6.45, 7) is 7.00. The second-order valence-electron chi connectivity index (χ2n) is 14.5. The van der Waals surface area contributed by atoms with E-state index < -0.39 is 36.2 Å². The number of nitrogens with zero attached hydrogens (tertiary/aromatic N) is 2. The molecule has 1 saturated carbocycles. The molecule has 0 saturated heterocycles. The van der Waals surface area contributed by atoms with Crippen molar-refractivity contribution >= 4 is 11.9 Å². The molecule has 258 valence electrons. The maximum atomic E-state index is 16.5. The van der Waals surface area contributed by atoms with Crippen molar-refractivity contribution in [2.45, 2.75) is 116 Å². The molecule has 2 aliphatic rings. The lowest BCUT2D eigenvalue weighted by Crippen LogP contribution is -2.40. The summed E-state index contributed by atoms with van der Waals surface area (Å²) in [6.07, 6.45) is 10.8. The number of aliphatic carboxylic acids is 1. The molecule has 1 aliphatic heterocycles. The maximum absolute atomic E-state index is 16.5. The molecule has 2 atom stereocenters. The zero-order valence-electron chi connectivity index (χ0n) is 29.3. The SMILES string of the molecule is Cc1cc(C)c2c(c1)CCCCCCC[C@H](n1cc(CCCN(C)C)c(C)cc1=O)C(=O)N[C@@H](CC(=O)O)c1cc-2cc(C2CC2)c1F. The third kappa shape index (κ3) is 8.62. The highest BCUT2D eigenvalue weighted by Gasteiger charge is 2.33. The standard InChI is InChI=1S/C40H52FN3O4/c1-25-18-27(3)38-29(19-25)12-9-7-6-8-10-14-35(44-24-30(13-11-17-43(4)5)26(2)20-36(44)45)40(48)42-34(23-37(46)47)33-22-31(38)21-32(39(33)41)28-15-16-28/h18-22,24,28,34-35H,6-17,23H2,1-5H3,(H,42,48)(H,46,47)/t34-,35-/m0/s1. The van der Waals surface area contributed by atoms with Crippen molar-refractivity contribution in [2.24, 2.45) is 0 Å². The first-order valence-corrected chi connectivity index (χ1v) is 17.7. The first-order chi connectivity index (χ1) is 22.9. The monoisotopic (exact) mass is 657 g/mol. The van der Waals surface area contributed by atoms with Crippen molar-refractivity contribution in [1.29, 1.82) is 0 Å². The summed E-state index contributed by atoms with van der Waals surface area (Å²) < 4.78 is 18.0. The number of rotatable bonds is 8. The number of carbonyl (C=O) groups excluding carboxylic acids is 1. The van der Waals surface area contributed by atoms with E-state index in [-0.39, 0.29) is 17.0 Å². The zero-order valence-corrected chi connectivity index (χ0v) is 29.3. The first-order valence-electron chi connectivity index (χ1n) is 17.7. The topological polar surface area (TPSA) is 91.6 Å².